The smallest absolute Gasteiger partial charge is 0.165 e. The van der Waals surface area contributed by atoms with Crippen LogP contribution < -0.4 is 0 Å². The summed E-state index contributed by atoms with van der Waals surface area (Å²) in [5.74, 6) is 0.862. The van der Waals surface area contributed by atoms with Gasteiger partial charge in [-0.2, -0.15) is 14.7 Å². The van der Waals surface area contributed by atoms with Gasteiger partial charge in [-0.1, -0.05) is 29.8 Å². The highest BCUT2D eigenvalue weighted by atomic mass is 35.5. The Labute approximate surface area is 144 Å². The number of aryl methyl sites for hydroxylation is 3. The van der Waals surface area contributed by atoms with Crippen LogP contribution in [0.5, 0.6) is 0 Å². The first-order valence-corrected chi connectivity index (χ1v) is 8.06. The van der Waals surface area contributed by atoms with Gasteiger partial charge in [0, 0.05) is 33.6 Å². The molecule has 3 heterocycles. The summed E-state index contributed by atoms with van der Waals surface area (Å²) in [7, 11) is 0. The fourth-order valence-electron chi connectivity index (χ4n) is 2.95. The largest absolute Gasteiger partial charge is 0.233 e. The molecular weight excluding hydrogens is 322 g/mol. The third-order valence-electron chi connectivity index (χ3n) is 3.97. The van der Waals surface area contributed by atoms with Crippen LogP contribution in [0.3, 0.4) is 0 Å². The summed E-state index contributed by atoms with van der Waals surface area (Å²) in [5.41, 5.74) is 5.52. The molecule has 0 aliphatic rings. The molecule has 4 rings (SSSR count). The van der Waals surface area contributed by atoms with E-state index in [1.54, 1.807) is 6.20 Å². The molecule has 0 saturated heterocycles. The minimum atomic E-state index is 0.684. The summed E-state index contributed by atoms with van der Waals surface area (Å²) in [6, 6.07) is 11.8. The lowest BCUT2D eigenvalue weighted by Crippen LogP contribution is -2.08. The van der Waals surface area contributed by atoms with E-state index in [1.165, 1.54) is 0 Å². The van der Waals surface area contributed by atoms with Crippen molar-refractivity contribution in [2.24, 2.45) is 0 Å². The summed E-state index contributed by atoms with van der Waals surface area (Å²) in [5, 5.41) is 9.80. The molecule has 0 atom stereocenters. The second-order valence-electron chi connectivity index (χ2n) is 5.87. The van der Waals surface area contributed by atoms with Crippen LogP contribution in [0.4, 0.5) is 0 Å². The van der Waals surface area contributed by atoms with E-state index in [0.29, 0.717) is 5.02 Å². The molecule has 0 unspecified atom stereocenters. The zero-order chi connectivity index (χ0) is 16.8. The average Bonchev–Trinajstić information content (AvgIpc) is 3.10. The molecule has 24 heavy (non-hydrogen) atoms. The standard InChI is InChI=1S/C18H16ClN5/c1-11-9-17(23-13(3)8-12(2)22-23)24-18(21-11)15(10-20-24)14-6-4-5-7-16(14)19/h4-10H,1-3H3. The summed E-state index contributed by atoms with van der Waals surface area (Å²) in [6.07, 6.45) is 1.80. The van der Waals surface area contributed by atoms with Gasteiger partial charge in [0.15, 0.2) is 11.5 Å². The first-order chi connectivity index (χ1) is 11.5. The molecule has 0 aliphatic heterocycles. The summed E-state index contributed by atoms with van der Waals surface area (Å²) >= 11 is 6.36. The van der Waals surface area contributed by atoms with Crippen LogP contribution in [0, 0.1) is 20.8 Å². The van der Waals surface area contributed by atoms with Gasteiger partial charge in [0.2, 0.25) is 0 Å². The highest BCUT2D eigenvalue weighted by molar-refractivity contribution is 6.33. The number of rotatable bonds is 2. The van der Waals surface area contributed by atoms with E-state index in [1.807, 2.05) is 66.4 Å². The molecule has 0 aliphatic carbocycles. The number of benzene rings is 1. The van der Waals surface area contributed by atoms with Gasteiger partial charge in [-0.3, -0.25) is 0 Å². The van der Waals surface area contributed by atoms with Crippen LogP contribution in [0.15, 0.2) is 42.6 Å². The number of hydrogen-bond acceptors (Lipinski definition) is 3. The highest BCUT2D eigenvalue weighted by Gasteiger charge is 2.16. The zero-order valence-electron chi connectivity index (χ0n) is 13.7. The fraction of sp³-hybridized carbons (Fsp3) is 0.167. The Hall–Kier alpha value is -2.66. The van der Waals surface area contributed by atoms with Gasteiger partial charge in [0.1, 0.15) is 0 Å². The molecule has 6 heteroatoms. The third-order valence-corrected chi connectivity index (χ3v) is 4.30. The van der Waals surface area contributed by atoms with Crippen molar-refractivity contribution in [3.8, 4) is 16.9 Å². The van der Waals surface area contributed by atoms with Crippen molar-refractivity contribution in [3.05, 3.63) is 64.7 Å². The van der Waals surface area contributed by atoms with E-state index >= 15 is 0 Å². The maximum absolute atomic E-state index is 6.36. The summed E-state index contributed by atoms with van der Waals surface area (Å²) in [4.78, 5) is 4.68. The lowest BCUT2D eigenvalue weighted by molar-refractivity contribution is 0.753. The van der Waals surface area contributed by atoms with Gasteiger partial charge in [0.05, 0.1) is 11.9 Å². The van der Waals surface area contributed by atoms with Crippen LogP contribution in [-0.4, -0.2) is 24.4 Å². The van der Waals surface area contributed by atoms with E-state index in [4.69, 9.17) is 11.6 Å². The SMILES string of the molecule is Cc1cc(-n2nc(C)cc2C)n2ncc(-c3ccccc3Cl)c2n1. The number of hydrogen-bond donors (Lipinski definition) is 0. The monoisotopic (exact) mass is 337 g/mol. The Morgan fingerprint density at radius 1 is 0.958 bits per heavy atom. The molecule has 1 aromatic carbocycles. The molecular formula is C18H16ClN5. The fourth-order valence-corrected chi connectivity index (χ4v) is 3.18. The lowest BCUT2D eigenvalue weighted by Gasteiger charge is -2.09. The van der Waals surface area contributed by atoms with Crippen molar-refractivity contribution in [3.63, 3.8) is 0 Å². The van der Waals surface area contributed by atoms with Crippen LogP contribution in [0.2, 0.25) is 5.02 Å². The number of fused-ring (bicyclic) bond motifs is 1. The molecule has 0 fully saturated rings. The molecule has 0 bridgehead atoms. The second-order valence-corrected chi connectivity index (χ2v) is 6.28. The van der Waals surface area contributed by atoms with Crippen LogP contribution in [0.1, 0.15) is 17.1 Å². The molecule has 0 spiro atoms. The first-order valence-electron chi connectivity index (χ1n) is 7.68. The van der Waals surface area contributed by atoms with Gasteiger partial charge < -0.3 is 0 Å². The van der Waals surface area contributed by atoms with Crippen molar-refractivity contribution >= 4 is 17.2 Å². The van der Waals surface area contributed by atoms with Crippen LogP contribution in [-0.2, 0) is 0 Å². The van der Waals surface area contributed by atoms with E-state index in [0.717, 1.165) is 39.7 Å². The van der Waals surface area contributed by atoms with Gasteiger partial charge in [-0.25, -0.2) is 9.67 Å². The molecule has 5 nitrogen and oxygen atoms in total. The van der Waals surface area contributed by atoms with Crippen molar-refractivity contribution < 1.29 is 0 Å². The Kier molecular flexibility index (Phi) is 3.39. The van der Waals surface area contributed by atoms with Gasteiger partial charge in [0.25, 0.3) is 0 Å². The minimum absolute atomic E-state index is 0.684. The quantitative estimate of drug-likeness (QED) is 0.552. The van der Waals surface area contributed by atoms with E-state index < -0.39 is 0 Å². The normalized spacial score (nSPS) is 11.3. The molecule has 0 radical (unpaired) electrons. The average molecular weight is 338 g/mol. The summed E-state index contributed by atoms with van der Waals surface area (Å²) in [6.45, 7) is 5.98. The van der Waals surface area contributed by atoms with Gasteiger partial charge in [-0.15, -0.1) is 0 Å². The lowest BCUT2D eigenvalue weighted by atomic mass is 10.1. The van der Waals surface area contributed by atoms with Crippen molar-refractivity contribution in [1.82, 2.24) is 24.4 Å². The maximum Gasteiger partial charge on any atom is 0.165 e. The molecule has 0 saturated carbocycles. The third kappa shape index (κ3) is 2.29. The number of nitrogens with zero attached hydrogens (tertiary/aromatic N) is 5. The Bertz CT molecular complexity index is 1060. The topological polar surface area (TPSA) is 48.0 Å². The van der Waals surface area contributed by atoms with Gasteiger partial charge in [-0.05, 0) is 32.9 Å². The van der Waals surface area contributed by atoms with Crippen LogP contribution in [0.25, 0.3) is 22.6 Å². The summed E-state index contributed by atoms with van der Waals surface area (Å²) < 4.78 is 3.70. The number of halogens is 1. The second kappa shape index (κ2) is 5.46. The zero-order valence-corrected chi connectivity index (χ0v) is 14.4. The van der Waals surface area contributed by atoms with E-state index in [2.05, 4.69) is 15.2 Å². The Morgan fingerprint density at radius 2 is 1.75 bits per heavy atom. The molecule has 4 aromatic rings. The van der Waals surface area contributed by atoms with E-state index in [9.17, 15) is 0 Å². The number of aromatic nitrogens is 5. The predicted octanol–water partition coefficient (Wildman–Crippen LogP) is 4.16. The minimum Gasteiger partial charge on any atom is -0.233 e. The predicted molar refractivity (Wildman–Crippen MR) is 94.8 cm³/mol. The molecule has 0 amide bonds. The van der Waals surface area contributed by atoms with Crippen molar-refractivity contribution in [2.75, 3.05) is 0 Å². The molecule has 0 N–H and O–H groups in total. The van der Waals surface area contributed by atoms with Gasteiger partial charge >= 0.3 is 0 Å². The maximum atomic E-state index is 6.36. The molecule has 3 aromatic heterocycles. The van der Waals surface area contributed by atoms with E-state index in [-0.39, 0.29) is 0 Å². The Morgan fingerprint density at radius 3 is 2.46 bits per heavy atom. The van der Waals surface area contributed by atoms with Crippen molar-refractivity contribution in [2.45, 2.75) is 20.8 Å². The van der Waals surface area contributed by atoms with Crippen LogP contribution >= 0.6 is 11.6 Å². The van der Waals surface area contributed by atoms with Crippen molar-refractivity contribution in [1.29, 1.82) is 0 Å². The Balaban J connectivity index is 2.02. The molecule has 120 valence electrons. The first kappa shape index (κ1) is 14.9. The highest BCUT2D eigenvalue weighted by Crippen LogP contribution is 2.31.